The van der Waals surface area contributed by atoms with Crippen molar-refractivity contribution in [2.45, 2.75) is 46.7 Å². The van der Waals surface area contributed by atoms with Crippen molar-refractivity contribution in [2.75, 3.05) is 19.6 Å². The second-order valence-electron chi connectivity index (χ2n) is 3.93. The molecule has 84 valence electrons. The minimum Gasteiger partial charge on any atom is -0.374 e. The van der Waals surface area contributed by atoms with E-state index < -0.39 is 0 Å². The summed E-state index contributed by atoms with van der Waals surface area (Å²) in [5.74, 6) is 0. The Kier molecular flexibility index (Phi) is 7.48. The van der Waals surface area contributed by atoms with Gasteiger partial charge in [0.1, 0.15) is 0 Å². The van der Waals surface area contributed by atoms with Crippen LogP contribution in [0.5, 0.6) is 0 Å². The zero-order valence-electron chi connectivity index (χ0n) is 10.2. The Morgan fingerprint density at radius 2 is 1.79 bits per heavy atom. The van der Waals surface area contributed by atoms with E-state index in [0.29, 0.717) is 12.1 Å². The van der Waals surface area contributed by atoms with Gasteiger partial charge in [0, 0.05) is 12.6 Å². The molecule has 0 fully saturated rings. The van der Waals surface area contributed by atoms with Gasteiger partial charge in [-0.3, -0.25) is 4.99 Å². The lowest BCUT2D eigenvalue weighted by Gasteiger charge is -2.20. The maximum atomic E-state index is 4.42. The van der Waals surface area contributed by atoms with Gasteiger partial charge in [0.05, 0.1) is 12.4 Å². The molecule has 0 spiro atoms. The highest BCUT2D eigenvalue weighted by Gasteiger charge is 2.03. The minimum absolute atomic E-state index is 0.376. The van der Waals surface area contributed by atoms with E-state index in [0.717, 1.165) is 19.6 Å². The molecule has 0 aliphatic rings. The highest BCUT2D eigenvalue weighted by atomic mass is 15.1. The quantitative estimate of drug-likeness (QED) is 0.499. The van der Waals surface area contributed by atoms with Gasteiger partial charge in [-0.05, 0) is 33.9 Å². The molecule has 1 N–H and O–H groups in total. The van der Waals surface area contributed by atoms with Crippen LogP contribution < -0.4 is 5.32 Å². The van der Waals surface area contributed by atoms with Gasteiger partial charge in [-0.1, -0.05) is 13.8 Å². The second kappa shape index (κ2) is 7.80. The first-order chi connectivity index (χ1) is 6.60. The van der Waals surface area contributed by atoms with Gasteiger partial charge >= 0.3 is 0 Å². The van der Waals surface area contributed by atoms with Crippen LogP contribution in [-0.4, -0.2) is 43.0 Å². The van der Waals surface area contributed by atoms with Gasteiger partial charge in [0.15, 0.2) is 0 Å². The molecule has 0 rings (SSSR count). The summed E-state index contributed by atoms with van der Waals surface area (Å²) in [5.41, 5.74) is 0. The smallest absolute Gasteiger partial charge is 0.0829 e. The number of hydrogen-bond donors (Lipinski definition) is 1. The number of aliphatic imine (C=N–C) groups is 1. The van der Waals surface area contributed by atoms with Crippen LogP contribution in [0.2, 0.25) is 0 Å². The first kappa shape index (κ1) is 13.4. The van der Waals surface area contributed by atoms with Crippen LogP contribution in [0.25, 0.3) is 0 Å². The SMILES string of the molecule is CCN(CC)CC(C)N=CNC(C)C. The molecule has 3 nitrogen and oxygen atoms in total. The summed E-state index contributed by atoms with van der Waals surface area (Å²) in [6.45, 7) is 14.0. The third kappa shape index (κ3) is 6.89. The lowest BCUT2D eigenvalue weighted by molar-refractivity contribution is 0.289. The summed E-state index contributed by atoms with van der Waals surface area (Å²) in [5, 5.41) is 3.18. The van der Waals surface area contributed by atoms with Crippen LogP contribution in [-0.2, 0) is 0 Å². The summed E-state index contributed by atoms with van der Waals surface area (Å²) in [4.78, 5) is 6.81. The molecule has 0 aromatic heterocycles. The zero-order chi connectivity index (χ0) is 11.0. The number of rotatable bonds is 7. The molecule has 0 aromatic carbocycles. The fraction of sp³-hybridized carbons (Fsp3) is 0.909. The number of likely N-dealkylation sites (N-methyl/N-ethyl adjacent to an activating group) is 1. The van der Waals surface area contributed by atoms with Crippen molar-refractivity contribution in [3.05, 3.63) is 0 Å². The van der Waals surface area contributed by atoms with Gasteiger partial charge in [-0.15, -0.1) is 0 Å². The lowest BCUT2D eigenvalue weighted by atomic mass is 10.3. The summed E-state index contributed by atoms with van der Waals surface area (Å²) >= 11 is 0. The maximum Gasteiger partial charge on any atom is 0.0829 e. The van der Waals surface area contributed by atoms with Gasteiger partial charge < -0.3 is 10.2 Å². The average molecular weight is 199 g/mol. The minimum atomic E-state index is 0.376. The van der Waals surface area contributed by atoms with Gasteiger partial charge in [-0.2, -0.15) is 0 Å². The van der Waals surface area contributed by atoms with Crippen LogP contribution >= 0.6 is 0 Å². The molecule has 0 aromatic rings. The van der Waals surface area contributed by atoms with E-state index in [2.05, 4.69) is 49.8 Å². The van der Waals surface area contributed by atoms with Crippen LogP contribution in [0.1, 0.15) is 34.6 Å². The Hall–Kier alpha value is -0.570. The zero-order valence-corrected chi connectivity index (χ0v) is 10.2. The van der Waals surface area contributed by atoms with E-state index in [9.17, 15) is 0 Å². The standard InChI is InChI=1S/C11H25N3/c1-6-14(7-2)8-11(5)13-9-12-10(3)4/h9-11H,6-8H2,1-5H3,(H,12,13). The number of nitrogens with one attached hydrogen (secondary N) is 1. The van der Waals surface area contributed by atoms with E-state index in [1.807, 2.05) is 6.34 Å². The third-order valence-electron chi connectivity index (χ3n) is 2.15. The monoisotopic (exact) mass is 199 g/mol. The van der Waals surface area contributed by atoms with Crippen molar-refractivity contribution in [1.29, 1.82) is 0 Å². The average Bonchev–Trinajstić information content (AvgIpc) is 2.13. The lowest BCUT2D eigenvalue weighted by Crippen LogP contribution is -2.30. The molecule has 0 heterocycles. The largest absolute Gasteiger partial charge is 0.374 e. The maximum absolute atomic E-state index is 4.42. The first-order valence-corrected chi connectivity index (χ1v) is 5.60. The Morgan fingerprint density at radius 1 is 1.21 bits per heavy atom. The summed E-state index contributed by atoms with van der Waals surface area (Å²) in [7, 11) is 0. The molecule has 1 unspecified atom stereocenters. The van der Waals surface area contributed by atoms with E-state index in [-0.39, 0.29) is 0 Å². The third-order valence-corrected chi connectivity index (χ3v) is 2.15. The predicted octanol–water partition coefficient (Wildman–Crippen LogP) is 1.74. The van der Waals surface area contributed by atoms with Crippen molar-refractivity contribution in [1.82, 2.24) is 10.2 Å². The van der Waals surface area contributed by atoms with Crippen molar-refractivity contribution in [2.24, 2.45) is 4.99 Å². The van der Waals surface area contributed by atoms with E-state index in [4.69, 9.17) is 0 Å². The molecule has 1 atom stereocenters. The Bertz CT molecular complexity index is 151. The fourth-order valence-electron chi connectivity index (χ4n) is 1.22. The second-order valence-corrected chi connectivity index (χ2v) is 3.93. The van der Waals surface area contributed by atoms with Crippen molar-refractivity contribution in [3.63, 3.8) is 0 Å². The Balaban J connectivity index is 3.72. The predicted molar refractivity (Wildman–Crippen MR) is 64.0 cm³/mol. The highest BCUT2D eigenvalue weighted by Crippen LogP contribution is 1.94. The van der Waals surface area contributed by atoms with E-state index in [1.54, 1.807) is 0 Å². The fourth-order valence-corrected chi connectivity index (χ4v) is 1.22. The summed E-state index contributed by atoms with van der Waals surface area (Å²) < 4.78 is 0. The van der Waals surface area contributed by atoms with Gasteiger partial charge in [0.2, 0.25) is 0 Å². The number of hydrogen-bond acceptors (Lipinski definition) is 2. The van der Waals surface area contributed by atoms with Crippen molar-refractivity contribution in [3.8, 4) is 0 Å². The summed E-state index contributed by atoms with van der Waals surface area (Å²) in [6, 6.07) is 0.848. The van der Waals surface area contributed by atoms with Crippen molar-refractivity contribution >= 4 is 6.34 Å². The molecule has 14 heavy (non-hydrogen) atoms. The van der Waals surface area contributed by atoms with E-state index in [1.165, 1.54) is 0 Å². The normalized spacial score (nSPS) is 14.2. The molecular formula is C11H25N3. The van der Waals surface area contributed by atoms with E-state index >= 15 is 0 Å². The topological polar surface area (TPSA) is 27.6 Å². The molecule has 0 aliphatic carbocycles. The first-order valence-electron chi connectivity index (χ1n) is 5.60. The molecule has 0 aliphatic heterocycles. The van der Waals surface area contributed by atoms with Gasteiger partial charge in [0.25, 0.3) is 0 Å². The molecule has 0 amide bonds. The Labute approximate surface area is 88.6 Å². The molecule has 0 saturated heterocycles. The molecule has 0 saturated carbocycles. The Morgan fingerprint density at radius 3 is 2.21 bits per heavy atom. The molecule has 0 radical (unpaired) electrons. The van der Waals surface area contributed by atoms with Crippen LogP contribution in [0.4, 0.5) is 0 Å². The molecule has 3 heteroatoms. The molecular weight excluding hydrogens is 174 g/mol. The summed E-state index contributed by atoms with van der Waals surface area (Å²) in [6.07, 6.45) is 1.83. The van der Waals surface area contributed by atoms with Crippen LogP contribution in [0.3, 0.4) is 0 Å². The van der Waals surface area contributed by atoms with Crippen molar-refractivity contribution < 1.29 is 0 Å². The van der Waals surface area contributed by atoms with Gasteiger partial charge in [-0.25, -0.2) is 0 Å². The molecule has 0 bridgehead atoms. The number of nitrogens with zero attached hydrogens (tertiary/aromatic N) is 2. The highest BCUT2D eigenvalue weighted by molar-refractivity contribution is 5.54. The van der Waals surface area contributed by atoms with Crippen LogP contribution in [0.15, 0.2) is 4.99 Å². The van der Waals surface area contributed by atoms with Crippen LogP contribution in [0, 0.1) is 0 Å².